The van der Waals surface area contributed by atoms with E-state index in [1.54, 1.807) is 11.3 Å². The number of nitrogens with one attached hydrogen (secondary N) is 1. The van der Waals surface area contributed by atoms with Crippen LogP contribution in [0.3, 0.4) is 0 Å². The molecule has 0 amide bonds. The summed E-state index contributed by atoms with van der Waals surface area (Å²) in [5, 5.41) is 2.99. The van der Waals surface area contributed by atoms with Gasteiger partial charge in [0, 0.05) is 22.4 Å². The summed E-state index contributed by atoms with van der Waals surface area (Å²) in [4.78, 5) is 2.43. The van der Waals surface area contributed by atoms with Gasteiger partial charge in [0.2, 0.25) is 0 Å². The van der Waals surface area contributed by atoms with E-state index in [1.165, 1.54) is 17.0 Å². The minimum absolute atomic E-state index is 0.129. The van der Waals surface area contributed by atoms with Gasteiger partial charge >= 0.3 is 0 Å². The van der Waals surface area contributed by atoms with Crippen LogP contribution >= 0.6 is 11.3 Å². The second-order valence-corrected chi connectivity index (χ2v) is 6.66. The van der Waals surface area contributed by atoms with E-state index < -0.39 is 11.6 Å². The molecule has 0 aliphatic carbocycles. The van der Waals surface area contributed by atoms with Gasteiger partial charge in [0.25, 0.3) is 0 Å². The van der Waals surface area contributed by atoms with Crippen molar-refractivity contribution in [3.63, 3.8) is 0 Å². The van der Waals surface area contributed by atoms with E-state index in [9.17, 15) is 8.78 Å². The zero-order chi connectivity index (χ0) is 14.0. The Labute approximate surface area is 116 Å². The average molecular weight is 281 g/mol. The Hall–Kier alpha value is -1.42. The minimum atomic E-state index is -0.562. The maximum absolute atomic E-state index is 13.4. The predicted octanol–water partition coefficient (Wildman–Crippen LogP) is 4.94. The highest BCUT2D eigenvalue weighted by Crippen LogP contribution is 2.30. The summed E-state index contributed by atoms with van der Waals surface area (Å²) < 4.78 is 26.2. The second kappa shape index (κ2) is 5.29. The molecular weight excluding hydrogens is 264 g/mol. The number of hydrogen-bond donors (Lipinski definition) is 1. The number of hydrogen-bond acceptors (Lipinski definition) is 2. The number of halogens is 2. The van der Waals surface area contributed by atoms with Crippen LogP contribution in [0.5, 0.6) is 0 Å². The number of thiophene rings is 1. The fraction of sp³-hybridized carbons (Fsp3) is 0.333. The van der Waals surface area contributed by atoms with E-state index in [4.69, 9.17) is 0 Å². The normalized spacial score (nSPS) is 11.6. The highest BCUT2D eigenvalue weighted by atomic mass is 32.1. The van der Waals surface area contributed by atoms with Crippen LogP contribution in [-0.4, -0.2) is 0 Å². The van der Waals surface area contributed by atoms with E-state index in [2.05, 4.69) is 32.2 Å². The van der Waals surface area contributed by atoms with Gasteiger partial charge < -0.3 is 5.32 Å². The molecular formula is C15H17F2NS. The third kappa shape index (κ3) is 3.53. The monoisotopic (exact) mass is 281 g/mol. The van der Waals surface area contributed by atoms with Gasteiger partial charge in [-0.1, -0.05) is 20.8 Å². The topological polar surface area (TPSA) is 12.0 Å². The van der Waals surface area contributed by atoms with Crippen molar-refractivity contribution in [1.82, 2.24) is 0 Å². The van der Waals surface area contributed by atoms with Crippen molar-refractivity contribution in [3.05, 3.63) is 51.7 Å². The summed E-state index contributed by atoms with van der Waals surface area (Å²) in [6, 6.07) is 7.70. The highest BCUT2D eigenvalue weighted by Gasteiger charge is 2.16. The maximum atomic E-state index is 13.4. The Morgan fingerprint density at radius 1 is 1.11 bits per heavy atom. The average Bonchev–Trinajstić information content (AvgIpc) is 2.76. The van der Waals surface area contributed by atoms with Crippen molar-refractivity contribution in [2.75, 3.05) is 5.32 Å². The SMILES string of the molecule is CC(C)(C)c1ccc(CNc2ccc(F)cc2F)s1. The predicted molar refractivity (Wildman–Crippen MR) is 76.7 cm³/mol. The van der Waals surface area contributed by atoms with Gasteiger partial charge in [-0.25, -0.2) is 8.78 Å². The van der Waals surface area contributed by atoms with Crippen LogP contribution in [0, 0.1) is 11.6 Å². The molecule has 19 heavy (non-hydrogen) atoms. The third-order valence-electron chi connectivity index (χ3n) is 2.79. The molecule has 0 aliphatic heterocycles. The molecule has 2 rings (SSSR count). The second-order valence-electron chi connectivity index (χ2n) is 5.49. The molecule has 0 bridgehead atoms. The molecule has 0 fully saturated rings. The first-order chi connectivity index (χ1) is 8.86. The lowest BCUT2D eigenvalue weighted by Gasteiger charge is -2.15. The molecule has 4 heteroatoms. The smallest absolute Gasteiger partial charge is 0.149 e. The van der Waals surface area contributed by atoms with Crippen LogP contribution in [0.2, 0.25) is 0 Å². The molecule has 1 aromatic heterocycles. The van der Waals surface area contributed by atoms with E-state index in [-0.39, 0.29) is 5.41 Å². The Morgan fingerprint density at radius 2 is 1.84 bits per heavy atom. The van der Waals surface area contributed by atoms with Gasteiger partial charge in [-0.15, -0.1) is 11.3 Å². The molecule has 0 saturated heterocycles. The number of rotatable bonds is 3. The first-order valence-corrected chi connectivity index (χ1v) is 6.96. The standard InChI is InChI=1S/C15H17F2NS/c1-15(2,3)14-7-5-11(19-14)9-18-13-6-4-10(16)8-12(13)17/h4-8,18H,9H2,1-3H3. The lowest BCUT2D eigenvalue weighted by Crippen LogP contribution is -2.07. The molecule has 1 N–H and O–H groups in total. The van der Waals surface area contributed by atoms with Gasteiger partial charge in [0.15, 0.2) is 0 Å². The van der Waals surface area contributed by atoms with Gasteiger partial charge in [-0.2, -0.15) is 0 Å². The molecule has 1 heterocycles. The Balaban J connectivity index is 2.04. The fourth-order valence-corrected chi connectivity index (χ4v) is 2.70. The quantitative estimate of drug-likeness (QED) is 0.840. The summed E-state index contributed by atoms with van der Waals surface area (Å²) in [5.41, 5.74) is 0.455. The summed E-state index contributed by atoms with van der Waals surface area (Å²) >= 11 is 1.71. The van der Waals surface area contributed by atoms with Crippen LogP contribution in [0.25, 0.3) is 0 Å². The van der Waals surface area contributed by atoms with E-state index in [0.29, 0.717) is 12.2 Å². The van der Waals surface area contributed by atoms with E-state index in [1.807, 2.05) is 6.07 Å². The first kappa shape index (κ1) is 14.0. The largest absolute Gasteiger partial charge is 0.378 e. The van der Waals surface area contributed by atoms with Crippen molar-refractivity contribution in [2.24, 2.45) is 0 Å². The van der Waals surface area contributed by atoms with Gasteiger partial charge in [-0.05, 0) is 29.7 Å². The Kier molecular flexibility index (Phi) is 3.90. The molecule has 0 atom stereocenters. The van der Waals surface area contributed by atoms with Crippen molar-refractivity contribution in [1.29, 1.82) is 0 Å². The van der Waals surface area contributed by atoms with Crippen LogP contribution in [0.15, 0.2) is 30.3 Å². The number of benzene rings is 1. The lowest BCUT2D eigenvalue weighted by atomic mass is 9.95. The Bertz CT molecular complexity index is 570. The van der Waals surface area contributed by atoms with Crippen LogP contribution in [-0.2, 0) is 12.0 Å². The molecule has 0 spiro atoms. The van der Waals surface area contributed by atoms with Crippen LogP contribution in [0.4, 0.5) is 14.5 Å². The summed E-state index contributed by atoms with van der Waals surface area (Å²) in [6.07, 6.45) is 0. The summed E-state index contributed by atoms with van der Waals surface area (Å²) in [5.74, 6) is -1.12. The maximum Gasteiger partial charge on any atom is 0.149 e. The first-order valence-electron chi connectivity index (χ1n) is 6.14. The van der Waals surface area contributed by atoms with Crippen LogP contribution in [0.1, 0.15) is 30.5 Å². The molecule has 1 nitrogen and oxygen atoms in total. The molecule has 0 unspecified atom stereocenters. The lowest BCUT2D eigenvalue weighted by molar-refractivity contribution is 0.585. The highest BCUT2D eigenvalue weighted by molar-refractivity contribution is 7.12. The van der Waals surface area contributed by atoms with Crippen LogP contribution < -0.4 is 5.32 Å². The van der Waals surface area contributed by atoms with Crippen molar-refractivity contribution < 1.29 is 8.78 Å². The molecule has 0 radical (unpaired) electrons. The zero-order valence-corrected chi connectivity index (χ0v) is 12.1. The summed E-state index contributed by atoms with van der Waals surface area (Å²) in [6.45, 7) is 7.03. The molecule has 0 saturated carbocycles. The fourth-order valence-electron chi connectivity index (χ4n) is 1.69. The van der Waals surface area contributed by atoms with Gasteiger partial charge in [0.05, 0.1) is 5.69 Å². The molecule has 102 valence electrons. The van der Waals surface area contributed by atoms with E-state index >= 15 is 0 Å². The van der Waals surface area contributed by atoms with Crippen molar-refractivity contribution in [3.8, 4) is 0 Å². The molecule has 0 aliphatic rings. The number of anilines is 1. The van der Waals surface area contributed by atoms with Crippen molar-refractivity contribution >= 4 is 17.0 Å². The molecule has 2 aromatic rings. The zero-order valence-electron chi connectivity index (χ0n) is 11.3. The van der Waals surface area contributed by atoms with Crippen molar-refractivity contribution in [2.45, 2.75) is 32.7 Å². The molecule has 1 aromatic carbocycles. The third-order valence-corrected chi connectivity index (χ3v) is 4.30. The Morgan fingerprint density at radius 3 is 2.42 bits per heavy atom. The van der Waals surface area contributed by atoms with E-state index in [0.717, 1.165) is 10.9 Å². The van der Waals surface area contributed by atoms with Gasteiger partial charge in [0.1, 0.15) is 11.6 Å². The summed E-state index contributed by atoms with van der Waals surface area (Å²) in [7, 11) is 0. The van der Waals surface area contributed by atoms with Gasteiger partial charge in [-0.3, -0.25) is 0 Å². The minimum Gasteiger partial charge on any atom is -0.378 e.